The summed E-state index contributed by atoms with van der Waals surface area (Å²) in [4.78, 5) is 13.6. The summed E-state index contributed by atoms with van der Waals surface area (Å²) in [6, 6.07) is -1.58. The van der Waals surface area contributed by atoms with Crippen LogP contribution in [0.1, 0.15) is 6.92 Å². The molecule has 2 bridgehead atoms. The van der Waals surface area contributed by atoms with Crippen LogP contribution in [0.3, 0.4) is 0 Å². The Labute approximate surface area is 145 Å². The molecule has 0 aromatic heterocycles. The van der Waals surface area contributed by atoms with Crippen LogP contribution in [0.2, 0.25) is 0 Å². The van der Waals surface area contributed by atoms with E-state index in [-0.39, 0.29) is 48.8 Å². The molecular weight excluding hydrogens is 311 g/mol. The number of fused-ring (bicyclic) bond motifs is 2. The van der Waals surface area contributed by atoms with E-state index in [4.69, 9.17) is 9.29 Å². The van der Waals surface area contributed by atoms with Gasteiger partial charge in [0.1, 0.15) is 6.04 Å². The second-order valence-electron chi connectivity index (χ2n) is 4.70. The van der Waals surface area contributed by atoms with E-state index >= 15 is 0 Å². The predicted molar refractivity (Wildman–Crippen MR) is 76.1 cm³/mol. The molecule has 1 N–H and O–H groups in total. The zero-order valence-electron chi connectivity index (χ0n) is 11.1. The van der Waals surface area contributed by atoms with Gasteiger partial charge in [0.25, 0.3) is 0 Å². The molecule has 0 aromatic rings. The second kappa shape index (κ2) is 6.78. The minimum atomic E-state index is -4.77. The van der Waals surface area contributed by atoms with Crippen molar-refractivity contribution in [3.8, 4) is 0 Å². The average molecular weight is 328 g/mol. The van der Waals surface area contributed by atoms with Gasteiger partial charge in [-0.15, -0.1) is 4.28 Å². The third-order valence-corrected chi connectivity index (χ3v) is 3.57. The van der Waals surface area contributed by atoms with Gasteiger partial charge in [-0.3, -0.25) is 4.55 Å². The normalized spacial score (nSPS) is 24.7. The van der Waals surface area contributed by atoms with Crippen molar-refractivity contribution in [1.82, 2.24) is 9.96 Å². The summed E-state index contributed by atoms with van der Waals surface area (Å²) in [5, 5.41) is 0.658. The standard InChI is InChI=1S/C11H16N2O6S.Na.H/c1-7(2)9-4-8(6-18-3)12-5-10(9)13(11(12)14)19-20(15,16)17;;/h4,8,10H,1,5-6H2,2-3H3,(H,15,16,17);;. The van der Waals surface area contributed by atoms with Crippen molar-refractivity contribution in [3.63, 3.8) is 0 Å². The molecule has 2 aliphatic heterocycles. The molecule has 2 aliphatic rings. The Balaban J connectivity index is 0.00000220. The Kier molecular flexibility index (Phi) is 6.01. The molecule has 0 aliphatic carbocycles. The van der Waals surface area contributed by atoms with Gasteiger partial charge < -0.3 is 9.64 Å². The van der Waals surface area contributed by atoms with Crippen LogP contribution in [0.4, 0.5) is 4.79 Å². The number of rotatable bonds is 5. The topological polar surface area (TPSA) is 96.4 Å². The molecule has 114 valence electrons. The van der Waals surface area contributed by atoms with E-state index < -0.39 is 22.5 Å². The summed E-state index contributed by atoms with van der Waals surface area (Å²) in [5.41, 5.74) is 1.38. The summed E-state index contributed by atoms with van der Waals surface area (Å²) in [5.74, 6) is 0. The van der Waals surface area contributed by atoms with E-state index in [0.717, 1.165) is 0 Å². The van der Waals surface area contributed by atoms with Crippen molar-refractivity contribution < 1.29 is 26.8 Å². The summed E-state index contributed by atoms with van der Waals surface area (Å²) >= 11 is 0. The van der Waals surface area contributed by atoms with Crippen LogP contribution in [0.5, 0.6) is 0 Å². The van der Waals surface area contributed by atoms with Gasteiger partial charge in [-0.25, -0.2) is 4.79 Å². The van der Waals surface area contributed by atoms with Gasteiger partial charge >= 0.3 is 46.0 Å². The fourth-order valence-corrected chi connectivity index (χ4v) is 2.80. The summed E-state index contributed by atoms with van der Waals surface area (Å²) in [7, 11) is -3.26. The van der Waals surface area contributed by atoms with Crippen LogP contribution in [-0.2, 0) is 19.4 Å². The second-order valence-corrected chi connectivity index (χ2v) is 5.71. The van der Waals surface area contributed by atoms with E-state index in [0.29, 0.717) is 16.2 Å². The number of hydrogen-bond acceptors (Lipinski definition) is 5. The molecular formula is C11H17N2NaO6S. The predicted octanol–water partition coefficient (Wildman–Crippen LogP) is -0.290. The monoisotopic (exact) mass is 328 g/mol. The number of ether oxygens (including phenoxy) is 1. The van der Waals surface area contributed by atoms with E-state index in [1.807, 2.05) is 0 Å². The number of urea groups is 1. The number of carbonyl (C=O) groups excluding carboxylic acids is 1. The van der Waals surface area contributed by atoms with Crippen LogP contribution in [0.25, 0.3) is 0 Å². The molecule has 2 unspecified atom stereocenters. The number of carbonyl (C=O) groups is 1. The van der Waals surface area contributed by atoms with E-state index in [2.05, 4.69) is 10.9 Å². The van der Waals surface area contributed by atoms with Crippen LogP contribution in [0, 0.1) is 0 Å². The number of amides is 2. The van der Waals surface area contributed by atoms with Gasteiger partial charge in [-0.2, -0.15) is 13.5 Å². The first kappa shape index (κ1) is 18.6. The Hall–Kier alpha value is -0.420. The minimum absolute atomic E-state index is 0. The zero-order valence-corrected chi connectivity index (χ0v) is 12.0. The van der Waals surface area contributed by atoms with Crippen molar-refractivity contribution in [3.05, 3.63) is 23.8 Å². The Morgan fingerprint density at radius 1 is 1.57 bits per heavy atom. The van der Waals surface area contributed by atoms with Crippen molar-refractivity contribution >= 4 is 46.0 Å². The Morgan fingerprint density at radius 3 is 2.67 bits per heavy atom. The Bertz CT molecular complexity index is 575. The quantitative estimate of drug-likeness (QED) is 0.550. The van der Waals surface area contributed by atoms with E-state index in [1.165, 1.54) is 12.0 Å². The van der Waals surface area contributed by atoms with Crippen LogP contribution < -0.4 is 0 Å². The number of hydroxylamine groups is 2. The summed E-state index contributed by atoms with van der Waals surface area (Å²) < 4.78 is 39.9. The first-order valence-corrected chi connectivity index (χ1v) is 7.24. The Morgan fingerprint density at radius 2 is 2.19 bits per heavy atom. The fraction of sp³-hybridized carbons (Fsp3) is 0.545. The molecule has 21 heavy (non-hydrogen) atoms. The van der Waals surface area contributed by atoms with Gasteiger partial charge in [0, 0.05) is 7.11 Å². The third-order valence-electron chi connectivity index (χ3n) is 3.22. The van der Waals surface area contributed by atoms with Gasteiger partial charge in [0.2, 0.25) is 0 Å². The number of nitrogens with zero attached hydrogens (tertiary/aromatic N) is 2. The molecule has 2 heterocycles. The molecule has 0 spiro atoms. The maximum absolute atomic E-state index is 12.2. The molecule has 0 saturated carbocycles. The molecule has 1 saturated heterocycles. The molecule has 10 heteroatoms. The fourth-order valence-electron chi connectivity index (χ4n) is 2.43. The van der Waals surface area contributed by atoms with E-state index in [9.17, 15) is 13.2 Å². The zero-order chi connectivity index (χ0) is 15.1. The molecule has 2 rings (SSSR count). The van der Waals surface area contributed by atoms with Crippen molar-refractivity contribution in [2.45, 2.75) is 19.0 Å². The van der Waals surface area contributed by atoms with Crippen molar-refractivity contribution in [2.75, 3.05) is 20.3 Å². The molecule has 0 aromatic carbocycles. The number of hydrogen-bond donors (Lipinski definition) is 1. The molecule has 1 fully saturated rings. The van der Waals surface area contributed by atoms with Gasteiger partial charge in [-0.05, 0) is 12.5 Å². The molecule has 8 nitrogen and oxygen atoms in total. The van der Waals surface area contributed by atoms with Gasteiger partial charge in [-0.1, -0.05) is 18.2 Å². The van der Waals surface area contributed by atoms with E-state index in [1.54, 1.807) is 13.0 Å². The van der Waals surface area contributed by atoms with Gasteiger partial charge in [0.15, 0.2) is 0 Å². The maximum atomic E-state index is 12.2. The SMILES string of the molecule is C=C(C)C1=CC(COC)N2CC1N(OS(=O)(=O)O)C2=O.[NaH]. The van der Waals surface area contributed by atoms with Crippen LogP contribution in [-0.4, -0.2) is 90.9 Å². The summed E-state index contributed by atoms with van der Waals surface area (Å²) in [6.45, 7) is 6.09. The first-order chi connectivity index (χ1) is 9.24. The van der Waals surface area contributed by atoms with Crippen molar-refractivity contribution in [2.24, 2.45) is 0 Å². The first-order valence-electron chi connectivity index (χ1n) is 5.88. The van der Waals surface area contributed by atoms with Crippen molar-refractivity contribution in [1.29, 1.82) is 0 Å². The molecule has 0 radical (unpaired) electrons. The van der Waals surface area contributed by atoms with Crippen LogP contribution in [0.15, 0.2) is 23.8 Å². The van der Waals surface area contributed by atoms with Crippen LogP contribution >= 0.6 is 0 Å². The van der Waals surface area contributed by atoms with Gasteiger partial charge in [0.05, 0.1) is 19.2 Å². The summed E-state index contributed by atoms with van der Waals surface area (Å²) in [6.07, 6.45) is 1.80. The number of methoxy groups -OCH3 is 1. The average Bonchev–Trinajstić information content (AvgIpc) is 2.57. The third kappa shape index (κ3) is 3.86. The molecule has 2 amide bonds. The molecule has 2 atom stereocenters.